The molecule has 11 heavy (non-hydrogen) atoms. The fraction of sp³-hybridized carbons (Fsp3) is 0.333. The molecule has 0 spiro atoms. The molecule has 0 aromatic heterocycles. The SMILES string of the molecule is CC[SiH](C)Oc1ccccc1. The van der Waals surface area contributed by atoms with Gasteiger partial charge in [0.15, 0.2) is 0 Å². The molecule has 2 heteroatoms. The van der Waals surface area contributed by atoms with E-state index >= 15 is 0 Å². The lowest BCUT2D eigenvalue weighted by Gasteiger charge is -2.10. The molecule has 0 fully saturated rings. The van der Waals surface area contributed by atoms with Crippen molar-refractivity contribution < 1.29 is 4.43 Å². The Bertz CT molecular complexity index is 198. The van der Waals surface area contributed by atoms with Crippen LogP contribution in [-0.2, 0) is 0 Å². The topological polar surface area (TPSA) is 9.23 Å². The highest BCUT2D eigenvalue weighted by Crippen LogP contribution is 2.10. The van der Waals surface area contributed by atoms with Gasteiger partial charge in [0.05, 0.1) is 0 Å². The molecule has 1 atom stereocenters. The van der Waals surface area contributed by atoms with Gasteiger partial charge in [-0.3, -0.25) is 0 Å². The molecule has 0 saturated heterocycles. The quantitative estimate of drug-likeness (QED) is 0.627. The van der Waals surface area contributed by atoms with Gasteiger partial charge < -0.3 is 4.43 Å². The van der Waals surface area contributed by atoms with Gasteiger partial charge in [-0.25, -0.2) is 0 Å². The fourth-order valence-electron chi connectivity index (χ4n) is 0.815. The first-order chi connectivity index (χ1) is 5.33. The molecule has 0 aliphatic heterocycles. The summed E-state index contributed by atoms with van der Waals surface area (Å²) in [4.78, 5) is 0. The van der Waals surface area contributed by atoms with E-state index in [9.17, 15) is 0 Å². The van der Waals surface area contributed by atoms with Gasteiger partial charge in [-0.05, 0) is 24.7 Å². The van der Waals surface area contributed by atoms with Crippen LogP contribution in [0.3, 0.4) is 0 Å². The monoisotopic (exact) mass is 166 g/mol. The molecule has 0 bridgehead atoms. The Morgan fingerprint density at radius 1 is 1.27 bits per heavy atom. The molecular formula is C9H14OSi. The number of benzene rings is 1. The van der Waals surface area contributed by atoms with E-state index in [0.717, 1.165) is 5.75 Å². The third-order valence-corrected chi connectivity index (χ3v) is 3.48. The summed E-state index contributed by atoms with van der Waals surface area (Å²) in [6.45, 7) is 4.40. The molecule has 0 N–H and O–H groups in total. The Hall–Kier alpha value is -0.763. The Labute approximate surface area is 69.7 Å². The Morgan fingerprint density at radius 2 is 1.91 bits per heavy atom. The van der Waals surface area contributed by atoms with Gasteiger partial charge in [-0.1, -0.05) is 25.1 Å². The van der Waals surface area contributed by atoms with Crippen molar-refractivity contribution >= 4 is 9.04 Å². The maximum atomic E-state index is 5.70. The number of para-hydroxylation sites is 1. The van der Waals surface area contributed by atoms with Crippen LogP contribution < -0.4 is 4.43 Å². The van der Waals surface area contributed by atoms with Crippen LogP contribution in [0, 0.1) is 0 Å². The van der Waals surface area contributed by atoms with Crippen molar-refractivity contribution in [3.05, 3.63) is 30.3 Å². The number of hydrogen-bond acceptors (Lipinski definition) is 1. The van der Waals surface area contributed by atoms with E-state index < -0.39 is 9.04 Å². The summed E-state index contributed by atoms with van der Waals surface area (Å²) in [6, 6.07) is 11.2. The minimum absolute atomic E-state index is 0.908. The van der Waals surface area contributed by atoms with E-state index in [2.05, 4.69) is 13.5 Å². The first kappa shape index (κ1) is 8.33. The molecule has 1 unspecified atom stereocenters. The highest BCUT2D eigenvalue weighted by molar-refractivity contribution is 6.50. The molecule has 0 heterocycles. The van der Waals surface area contributed by atoms with E-state index in [1.807, 2.05) is 30.3 Å². The largest absolute Gasteiger partial charge is 0.547 e. The lowest BCUT2D eigenvalue weighted by atomic mass is 10.3. The van der Waals surface area contributed by atoms with E-state index in [1.54, 1.807) is 0 Å². The van der Waals surface area contributed by atoms with Crippen molar-refractivity contribution in [1.29, 1.82) is 0 Å². The summed E-state index contributed by atoms with van der Waals surface area (Å²) in [7, 11) is -0.908. The van der Waals surface area contributed by atoms with Crippen LogP contribution in [0.5, 0.6) is 5.75 Å². The molecule has 0 aliphatic rings. The first-order valence-corrected chi connectivity index (χ1v) is 6.49. The zero-order valence-electron chi connectivity index (χ0n) is 7.08. The van der Waals surface area contributed by atoms with Crippen LogP contribution in [0.25, 0.3) is 0 Å². The van der Waals surface area contributed by atoms with Gasteiger partial charge in [-0.2, -0.15) is 0 Å². The second kappa shape index (κ2) is 4.19. The normalized spacial score (nSPS) is 12.5. The Kier molecular flexibility index (Phi) is 3.17. The summed E-state index contributed by atoms with van der Waals surface area (Å²) < 4.78 is 5.70. The maximum Gasteiger partial charge on any atom is 0.232 e. The summed E-state index contributed by atoms with van der Waals surface area (Å²) in [6.07, 6.45) is 0. The molecule has 0 radical (unpaired) electrons. The fourth-order valence-corrected chi connectivity index (χ4v) is 1.60. The zero-order valence-corrected chi connectivity index (χ0v) is 8.23. The van der Waals surface area contributed by atoms with Gasteiger partial charge in [0.2, 0.25) is 9.04 Å². The smallest absolute Gasteiger partial charge is 0.232 e. The summed E-state index contributed by atoms with van der Waals surface area (Å²) >= 11 is 0. The van der Waals surface area contributed by atoms with Gasteiger partial charge in [-0.15, -0.1) is 0 Å². The standard InChI is InChI=1S/C9H14OSi/c1-3-11(2)10-9-7-5-4-6-8-9/h4-8,11H,3H2,1-2H3. The van der Waals surface area contributed by atoms with Crippen LogP contribution in [0.4, 0.5) is 0 Å². The average molecular weight is 166 g/mol. The van der Waals surface area contributed by atoms with Crippen LogP contribution in [-0.4, -0.2) is 9.04 Å². The minimum atomic E-state index is -0.908. The molecule has 1 nitrogen and oxygen atoms in total. The predicted molar refractivity (Wildman–Crippen MR) is 50.6 cm³/mol. The van der Waals surface area contributed by atoms with E-state index in [4.69, 9.17) is 4.43 Å². The molecule has 1 aromatic carbocycles. The third kappa shape index (κ3) is 2.76. The van der Waals surface area contributed by atoms with Crippen molar-refractivity contribution in [3.63, 3.8) is 0 Å². The van der Waals surface area contributed by atoms with Gasteiger partial charge in [0.1, 0.15) is 5.75 Å². The Morgan fingerprint density at radius 3 is 2.45 bits per heavy atom. The predicted octanol–water partition coefficient (Wildman–Crippen LogP) is 2.44. The van der Waals surface area contributed by atoms with Crippen molar-refractivity contribution in [2.45, 2.75) is 19.5 Å². The van der Waals surface area contributed by atoms with E-state index in [-0.39, 0.29) is 0 Å². The molecule has 0 saturated carbocycles. The summed E-state index contributed by atoms with van der Waals surface area (Å²) in [5, 5.41) is 0. The highest BCUT2D eigenvalue weighted by atomic mass is 28.3. The average Bonchev–Trinajstić information content (AvgIpc) is 2.06. The molecule has 0 amide bonds. The molecule has 0 aliphatic carbocycles. The summed E-state index contributed by atoms with van der Waals surface area (Å²) in [5.41, 5.74) is 0. The van der Waals surface area contributed by atoms with E-state index in [0.29, 0.717) is 0 Å². The second-order valence-corrected chi connectivity index (χ2v) is 5.32. The third-order valence-electron chi connectivity index (χ3n) is 1.66. The van der Waals surface area contributed by atoms with Crippen LogP contribution in [0.15, 0.2) is 30.3 Å². The molecule has 60 valence electrons. The minimum Gasteiger partial charge on any atom is -0.547 e. The highest BCUT2D eigenvalue weighted by Gasteiger charge is 2.01. The van der Waals surface area contributed by atoms with Gasteiger partial charge in [0, 0.05) is 0 Å². The molecule has 1 rings (SSSR count). The molecular weight excluding hydrogens is 152 g/mol. The zero-order chi connectivity index (χ0) is 8.10. The lowest BCUT2D eigenvalue weighted by Crippen LogP contribution is -2.14. The maximum absolute atomic E-state index is 5.70. The second-order valence-electron chi connectivity index (χ2n) is 2.65. The van der Waals surface area contributed by atoms with Crippen LogP contribution >= 0.6 is 0 Å². The van der Waals surface area contributed by atoms with E-state index in [1.165, 1.54) is 6.04 Å². The van der Waals surface area contributed by atoms with Crippen molar-refractivity contribution in [2.24, 2.45) is 0 Å². The van der Waals surface area contributed by atoms with Crippen LogP contribution in [0.2, 0.25) is 12.6 Å². The van der Waals surface area contributed by atoms with Crippen molar-refractivity contribution in [3.8, 4) is 5.75 Å². The van der Waals surface area contributed by atoms with Crippen LogP contribution in [0.1, 0.15) is 6.92 Å². The van der Waals surface area contributed by atoms with Gasteiger partial charge in [0.25, 0.3) is 0 Å². The number of rotatable bonds is 3. The van der Waals surface area contributed by atoms with Crippen molar-refractivity contribution in [2.75, 3.05) is 0 Å². The molecule has 1 aromatic rings. The number of hydrogen-bond donors (Lipinski definition) is 0. The van der Waals surface area contributed by atoms with Crippen molar-refractivity contribution in [1.82, 2.24) is 0 Å². The Balaban J connectivity index is 2.51. The first-order valence-electron chi connectivity index (χ1n) is 4.04. The lowest BCUT2D eigenvalue weighted by molar-refractivity contribution is 0.573. The van der Waals surface area contributed by atoms with Gasteiger partial charge >= 0.3 is 0 Å². The summed E-state index contributed by atoms with van der Waals surface area (Å²) in [5.74, 6) is 1.02.